The summed E-state index contributed by atoms with van der Waals surface area (Å²) in [5.41, 5.74) is 4.36. The van der Waals surface area contributed by atoms with E-state index >= 15 is 0 Å². The van der Waals surface area contributed by atoms with Crippen molar-refractivity contribution in [1.82, 2.24) is 15.3 Å². The molecular weight excluding hydrogens is 384 g/mol. The minimum atomic E-state index is -0.718. The summed E-state index contributed by atoms with van der Waals surface area (Å²) in [5.74, 6) is -1.43. The molecule has 0 aliphatic heterocycles. The average Bonchev–Trinajstić information content (AvgIpc) is 3.16. The molecule has 4 rings (SSSR count). The third-order valence-corrected chi connectivity index (χ3v) is 5.36. The first kappa shape index (κ1) is 18.8. The molecule has 0 aliphatic rings. The minimum absolute atomic E-state index is 0.198. The van der Waals surface area contributed by atoms with Crippen LogP contribution < -0.4 is 10.6 Å². The SMILES string of the molecule is Cc1ccc2nc(-c3ccc(NC(=O)C(=O)NCc4ccccn4)cc3)sc2c1. The first-order valence-corrected chi connectivity index (χ1v) is 9.87. The molecule has 7 heteroatoms. The van der Waals surface area contributed by atoms with Gasteiger partial charge in [-0.2, -0.15) is 0 Å². The van der Waals surface area contributed by atoms with E-state index in [0.29, 0.717) is 11.4 Å². The lowest BCUT2D eigenvalue weighted by atomic mass is 10.2. The monoisotopic (exact) mass is 402 g/mol. The predicted molar refractivity (Wildman–Crippen MR) is 115 cm³/mol. The van der Waals surface area contributed by atoms with Crippen LogP contribution in [0.3, 0.4) is 0 Å². The summed E-state index contributed by atoms with van der Waals surface area (Å²) in [4.78, 5) is 32.8. The van der Waals surface area contributed by atoms with E-state index in [9.17, 15) is 9.59 Å². The van der Waals surface area contributed by atoms with Crippen LogP contribution in [0.4, 0.5) is 5.69 Å². The molecule has 144 valence electrons. The fraction of sp³-hybridized carbons (Fsp3) is 0.0909. The van der Waals surface area contributed by atoms with Gasteiger partial charge in [0.1, 0.15) is 5.01 Å². The number of nitrogens with zero attached hydrogens (tertiary/aromatic N) is 2. The molecule has 0 bridgehead atoms. The second-order valence-electron chi connectivity index (χ2n) is 6.53. The number of hydrogen-bond donors (Lipinski definition) is 2. The Kier molecular flexibility index (Phi) is 5.31. The fourth-order valence-corrected chi connectivity index (χ4v) is 3.86. The summed E-state index contributed by atoms with van der Waals surface area (Å²) in [5, 5.41) is 6.07. The van der Waals surface area contributed by atoms with Crippen LogP contribution in [0.15, 0.2) is 66.9 Å². The van der Waals surface area contributed by atoms with Gasteiger partial charge in [0.2, 0.25) is 0 Å². The van der Waals surface area contributed by atoms with E-state index < -0.39 is 11.8 Å². The van der Waals surface area contributed by atoms with Crippen LogP contribution in [-0.4, -0.2) is 21.8 Å². The highest BCUT2D eigenvalue weighted by Gasteiger charge is 2.14. The Morgan fingerprint density at radius 3 is 2.59 bits per heavy atom. The highest BCUT2D eigenvalue weighted by molar-refractivity contribution is 7.21. The number of benzene rings is 2. The number of hydrogen-bond acceptors (Lipinski definition) is 5. The van der Waals surface area contributed by atoms with Crippen molar-refractivity contribution in [3.05, 3.63) is 78.1 Å². The molecule has 0 atom stereocenters. The van der Waals surface area contributed by atoms with E-state index in [4.69, 9.17) is 0 Å². The van der Waals surface area contributed by atoms with Crippen LogP contribution in [0.5, 0.6) is 0 Å². The lowest BCUT2D eigenvalue weighted by Crippen LogP contribution is -2.35. The Labute approximate surface area is 171 Å². The van der Waals surface area contributed by atoms with Crippen LogP contribution in [0, 0.1) is 6.92 Å². The van der Waals surface area contributed by atoms with Crippen LogP contribution >= 0.6 is 11.3 Å². The van der Waals surface area contributed by atoms with Crippen molar-refractivity contribution < 1.29 is 9.59 Å². The summed E-state index contributed by atoms with van der Waals surface area (Å²) < 4.78 is 1.14. The summed E-state index contributed by atoms with van der Waals surface area (Å²) >= 11 is 1.63. The van der Waals surface area contributed by atoms with Crippen molar-refractivity contribution >= 4 is 39.1 Å². The number of aromatic nitrogens is 2. The molecule has 0 fully saturated rings. The summed E-state index contributed by atoms with van der Waals surface area (Å²) in [7, 11) is 0. The first-order chi connectivity index (χ1) is 14.1. The van der Waals surface area contributed by atoms with E-state index in [1.807, 2.05) is 30.3 Å². The Hall–Kier alpha value is -3.58. The number of rotatable bonds is 4. The van der Waals surface area contributed by atoms with Gasteiger partial charge in [0.05, 0.1) is 22.5 Å². The Bertz CT molecular complexity index is 1170. The number of pyridine rings is 1. The zero-order valence-corrected chi connectivity index (χ0v) is 16.5. The predicted octanol–water partition coefficient (Wildman–Crippen LogP) is 3.92. The molecule has 0 aliphatic carbocycles. The van der Waals surface area contributed by atoms with Crippen molar-refractivity contribution in [2.45, 2.75) is 13.5 Å². The largest absolute Gasteiger partial charge is 0.342 e. The number of amides is 2. The molecule has 4 aromatic rings. The van der Waals surface area contributed by atoms with Gasteiger partial charge in [-0.3, -0.25) is 14.6 Å². The van der Waals surface area contributed by atoms with Crippen molar-refractivity contribution in [3.8, 4) is 10.6 Å². The van der Waals surface area contributed by atoms with Crippen LogP contribution in [0.25, 0.3) is 20.8 Å². The number of anilines is 1. The van der Waals surface area contributed by atoms with E-state index in [1.165, 1.54) is 5.56 Å². The maximum Gasteiger partial charge on any atom is 0.313 e. The van der Waals surface area contributed by atoms with Crippen molar-refractivity contribution in [2.75, 3.05) is 5.32 Å². The van der Waals surface area contributed by atoms with E-state index in [2.05, 4.69) is 33.6 Å². The Morgan fingerprint density at radius 1 is 1.00 bits per heavy atom. The molecule has 0 spiro atoms. The van der Waals surface area contributed by atoms with Gasteiger partial charge in [0, 0.05) is 17.4 Å². The van der Waals surface area contributed by atoms with E-state index in [0.717, 1.165) is 20.8 Å². The van der Waals surface area contributed by atoms with Gasteiger partial charge in [-0.05, 0) is 61.0 Å². The van der Waals surface area contributed by atoms with Crippen LogP contribution in [0.1, 0.15) is 11.3 Å². The molecule has 2 heterocycles. The topological polar surface area (TPSA) is 84.0 Å². The number of fused-ring (bicyclic) bond motifs is 1. The van der Waals surface area contributed by atoms with Gasteiger partial charge in [0.15, 0.2) is 0 Å². The maximum absolute atomic E-state index is 12.1. The zero-order chi connectivity index (χ0) is 20.2. The molecule has 2 N–H and O–H groups in total. The summed E-state index contributed by atoms with van der Waals surface area (Å²) in [6.45, 7) is 2.26. The average molecular weight is 402 g/mol. The second-order valence-corrected chi connectivity index (χ2v) is 7.56. The van der Waals surface area contributed by atoms with Crippen molar-refractivity contribution in [1.29, 1.82) is 0 Å². The number of thiazole rings is 1. The van der Waals surface area contributed by atoms with Crippen molar-refractivity contribution in [2.24, 2.45) is 0 Å². The second kappa shape index (κ2) is 8.20. The highest BCUT2D eigenvalue weighted by atomic mass is 32.1. The van der Waals surface area contributed by atoms with Gasteiger partial charge in [0.25, 0.3) is 0 Å². The molecular formula is C22H18N4O2S. The minimum Gasteiger partial charge on any atom is -0.342 e. The summed E-state index contributed by atoms with van der Waals surface area (Å²) in [6.07, 6.45) is 1.63. The Morgan fingerprint density at radius 2 is 1.83 bits per heavy atom. The summed E-state index contributed by atoms with van der Waals surface area (Å²) in [6, 6.07) is 18.9. The van der Waals surface area contributed by atoms with E-state index in [1.54, 1.807) is 41.8 Å². The van der Waals surface area contributed by atoms with Gasteiger partial charge in [-0.25, -0.2) is 4.98 Å². The van der Waals surface area contributed by atoms with Crippen LogP contribution in [-0.2, 0) is 16.1 Å². The maximum atomic E-state index is 12.1. The molecule has 6 nitrogen and oxygen atoms in total. The Balaban J connectivity index is 1.39. The highest BCUT2D eigenvalue weighted by Crippen LogP contribution is 2.31. The number of nitrogens with one attached hydrogen (secondary N) is 2. The first-order valence-electron chi connectivity index (χ1n) is 9.05. The molecule has 2 amide bonds. The third kappa shape index (κ3) is 4.47. The third-order valence-electron chi connectivity index (χ3n) is 4.30. The number of carbonyl (C=O) groups is 2. The molecule has 0 saturated heterocycles. The molecule has 29 heavy (non-hydrogen) atoms. The van der Waals surface area contributed by atoms with Crippen molar-refractivity contribution in [3.63, 3.8) is 0 Å². The zero-order valence-electron chi connectivity index (χ0n) is 15.7. The van der Waals surface area contributed by atoms with Gasteiger partial charge in [-0.15, -0.1) is 11.3 Å². The molecule has 2 aromatic carbocycles. The lowest BCUT2D eigenvalue weighted by Gasteiger charge is -2.07. The quantitative estimate of drug-likeness (QED) is 0.507. The fourth-order valence-electron chi connectivity index (χ4n) is 2.79. The lowest BCUT2D eigenvalue weighted by molar-refractivity contribution is -0.136. The molecule has 0 unspecified atom stereocenters. The molecule has 0 saturated carbocycles. The van der Waals surface area contributed by atoms with Crippen LogP contribution in [0.2, 0.25) is 0 Å². The molecule has 0 radical (unpaired) electrons. The standard InChI is InChI=1S/C22H18N4O2S/c1-14-5-10-18-19(12-14)29-22(26-18)15-6-8-16(9-7-15)25-21(28)20(27)24-13-17-4-2-3-11-23-17/h2-12H,13H2,1H3,(H,24,27)(H,25,28). The van der Waals surface area contributed by atoms with Gasteiger partial charge >= 0.3 is 11.8 Å². The number of aryl methyl sites for hydroxylation is 1. The smallest absolute Gasteiger partial charge is 0.313 e. The van der Waals surface area contributed by atoms with E-state index in [-0.39, 0.29) is 6.54 Å². The van der Waals surface area contributed by atoms with Gasteiger partial charge in [-0.1, -0.05) is 12.1 Å². The van der Waals surface area contributed by atoms with Gasteiger partial charge < -0.3 is 10.6 Å². The molecule has 2 aromatic heterocycles. The number of carbonyl (C=O) groups excluding carboxylic acids is 2. The normalized spacial score (nSPS) is 10.7.